The molecular formula is C19H26N2. The molecule has 2 N–H and O–H groups in total. The number of benzene rings is 1. The first-order chi connectivity index (χ1) is 10.3. The van der Waals surface area contributed by atoms with E-state index in [4.69, 9.17) is 5.73 Å². The van der Waals surface area contributed by atoms with Crippen LogP contribution in [-0.4, -0.2) is 11.5 Å². The van der Waals surface area contributed by atoms with Crippen LogP contribution < -0.4 is 5.73 Å². The van der Waals surface area contributed by atoms with Gasteiger partial charge in [0.15, 0.2) is 0 Å². The van der Waals surface area contributed by atoms with Crippen molar-refractivity contribution in [1.82, 2.24) is 4.98 Å². The van der Waals surface area contributed by atoms with Crippen molar-refractivity contribution in [2.75, 3.05) is 6.54 Å². The summed E-state index contributed by atoms with van der Waals surface area (Å²) in [7, 11) is 0. The zero-order valence-electron chi connectivity index (χ0n) is 13.0. The summed E-state index contributed by atoms with van der Waals surface area (Å²) in [6.45, 7) is 3.11. The topological polar surface area (TPSA) is 38.9 Å². The second kappa shape index (κ2) is 6.57. The average Bonchev–Trinajstić information content (AvgIpc) is 2.54. The summed E-state index contributed by atoms with van der Waals surface area (Å²) in [5.74, 6) is 2.13. The lowest BCUT2D eigenvalue weighted by Gasteiger charge is -2.36. The van der Waals surface area contributed by atoms with Gasteiger partial charge in [0.05, 0.1) is 0 Å². The molecule has 3 atom stereocenters. The molecular weight excluding hydrogens is 256 g/mol. The van der Waals surface area contributed by atoms with Gasteiger partial charge in [-0.25, -0.2) is 0 Å². The largest absolute Gasteiger partial charge is 0.330 e. The molecule has 0 bridgehead atoms. The summed E-state index contributed by atoms with van der Waals surface area (Å²) < 4.78 is 0. The minimum atomic E-state index is 0.617. The van der Waals surface area contributed by atoms with E-state index in [1.54, 1.807) is 0 Å². The zero-order chi connectivity index (χ0) is 14.7. The fourth-order valence-electron chi connectivity index (χ4n) is 4.12. The number of nitrogens with zero attached hydrogens (tertiary/aromatic N) is 1. The second-order valence-corrected chi connectivity index (χ2v) is 6.51. The van der Waals surface area contributed by atoms with E-state index in [-0.39, 0.29) is 0 Å². The van der Waals surface area contributed by atoms with Gasteiger partial charge in [-0.2, -0.15) is 0 Å². The Kier molecular flexibility index (Phi) is 4.54. The van der Waals surface area contributed by atoms with Crippen LogP contribution in [0, 0.1) is 11.8 Å². The Labute approximate surface area is 127 Å². The van der Waals surface area contributed by atoms with Crippen molar-refractivity contribution in [3.05, 3.63) is 42.2 Å². The highest BCUT2D eigenvalue weighted by Crippen LogP contribution is 2.43. The molecule has 3 unspecified atom stereocenters. The van der Waals surface area contributed by atoms with Crippen LogP contribution in [0.25, 0.3) is 10.8 Å². The van der Waals surface area contributed by atoms with Crippen LogP contribution in [0.15, 0.2) is 36.7 Å². The maximum Gasteiger partial charge on any atom is 0.0346 e. The highest BCUT2D eigenvalue weighted by Gasteiger charge is 2.31. The molecule has 21 heavy (non-hydrogen) atoms. The predicted octanol–water partition coefficient (Wildman–Crippen LogP) is 4.49. The fraction of sp³-hybridized carbons (Fsp3) is 0.526. The number of fused-ring (bicyclic) bond motifs is 1. The quantitative estimate of drug-likeness (QED) is 0.897. The lowest BCUT2D eigenvalue weighted by molar-refractivity contribution is 0.231. The summed E-state index contributed by atoms with van der Waals surface area (Å²) in [6.07, 6.45) is 10.5. The molecule has 1 aromatic carbocycles. The van der Waals surface area contributed by atoms with Gasteiger partial charge < -0.3 is 5.73 Å². The van der Waals surface area contributed by atoms with Crippen molar-refractivity contribution in [2.24, 2.45) is 17.6 Å². The van der Waals surface area contributed by atoms with Crippen LogP contribution >= 0.6 is 0 Å². The van der Waals surface area contributed by atoms with Crippen LogP contribution in [0.1, 0.15) is 50.5 Å². The first kappa shape index (κ1) is 14.5. The lowest BCUT2D eigenvalue weighted by atomic mass is 9.69. The number of rotatable bonds is 4. The van der Waals surface area contributed by atoms with Gasteiger partial charge in [-0.05, 0) is 54.2 Å². The third-order valence-corrected chi connectivity index (χ3v) is 5.22. The molecule has 1 fully saturated rings. The van der Waals surface area contributed by atoms with E-state index in [1.165, 1.54) is 48.4 Å². The first-order valence-electron chi connectivity index (χ1n) is 8.36. The maximum atomic E-state index is 6.08. The highest BCUT2D eigenvalue weighted by molar-refractivity contribution is 5.85. The van der Waals surface area contributed by atoms with E-state index < -0.39 is 0 Å². The normalized spacial score (nSPS) is 26.1. The molecule has 0 saturated heterocycles. The number of aromatic nitrogens is 1. The molecule has 1 heterocycles. The van der Waals surface area contributed by atoms with Gasteiger partial charge in [-0.1, -0.05) is 44.4 Å². The molecule has 1 aromatic heterocycles. The molecule has 112 valence electrons. The summed E-state index contributed by atoms with van der Waals surface area (Å²) in [4.78, 5) is 4.26. The lowest BCUT2D eigenvalue weighted by Crippen LogP contribution is -2.29. The Morgan fingerprint density at radius 2 is 2.14 bits per heavy atom. The maximum absolute atomic E-state index is 6.08. The van der Waals surface area contributed by atoms with E-state index in [0.29, 0.717) is 11.8 Å². The molecule has 1 aliphatic rings. The standard InChI is InChI=1S/C19H26N2/c1-2-4-14-7-8-15(12-20)19(11-14)18-6-3-5-16-13-21-10-9-17(16)18/h3,5-6,9-10,13-15,19H,2,4,7-8,11-12,20H2,1H3. The summed E-state index contributed by atoms with van der Waals surface area (Å²) in [5, 5.41) is 2.62. The Morgan fingerprint density at radius 1 is 1.24 bits per heavy atom. The van der Waals surface area contributed by atoms with E-state index in [2.05, 4.69) is 36.2 Å². The molecule has 0 aliphatic heterocycles. The number of pyridine rings is 1. The van der Waals surface area contributed by atoms with Crippen LogP contribution in [0.3, 0.4) is 0 Å². The van der Waals surface area contributed by atoms with Gasteiger partial charge in [-0.3, -0.25) is 4.98 Å². The van der Waals surface area contributed by atoms with Crippen LogP contribution in [-0.2, 0) is 0 Å². The minimum Gasteiger partial charge on any atom is -0.330 e. The second-order valence-electron chi connectivity index (χ2n) is 6.51. The van der Waals surface area contributed by atoms with Gasteiger partial charge >= 0.3 is 0 Å². The SMILES string of the molecule is CCCC1CCC(CN)C(c2cccc3cnccc23)C1. The summed E-state index contributed by atoms with van der Waals surface area (Å²) >= 11 is 0. The van der Waals surface area contributed by atoms with E-state index in [0.717, 1.165) is 12.5 Å². The molecule has 0 amide bonds. The summed E-state index contributed by atoms with van der Waals surface area (Å²) in [6, 6.07) is 8.82. The third-order valence-electron chi connectivity index (χ3n) is 5.22. The Hall–Kier alpha value is -1.41. The molecule has 1 aliphatic carbocycles. The molecule has 2 nitrogen and oxygen atoms in total. The van der Waals surface area contributed by atoms with Crippen molar-refractivity contribution in [1.29, 1.82) is 0 Å². The van der Waals surface area contributed by atoms with Crippen molar-refractivity contribution in [3.8, 4) is 0 Å². The Balaban J connectivity index is 1.97. The average molecular weight is 282 g/mol. The van der Waals surface area contributed by atoms with E-state index in [9.17, 15) is 0 Å². The molecule has 0 radical (unpaired) electrons. The van der Waals surface area contributed by atoms with Gasteiger partial charge in [0.25, 0.3) is 0 Å². The Morgan fingerprint density at radius 3 is 2.95 bits per heavy atom. The minimum absolute atomic E-state index is 0.617. The van der Waals surface area contributed by atoms with Gasteiger partial charge in [0.1, 0.15) is 0 Å². The molecule has 2 aromatic rings. The van der Waals surface area contributed by atoms with Crippen LogP contribution in [0.5, 0.6) is 0 Å². The van der Waals surface area contributed by atoms with Crippen molar-refractivity contribution in [2.45, 2.75) is 44.9 Å². The van der Waals surface area contributed by atoms with E-state index >= 15 is 0 Å². The number of hydrogen-bond acceptors (Lipinski definition) is 2. The van der Waals surface area contributed by atoms with E-state index in [1.807, 2.05) is 12.4 Å². The molecule has 2 heteroatoms. The molecule has 1 saturated carbocycles. The monoisotopic (exact) mass is 282 g/mol. The van der Waals surface area contributed by atoms with Gasteiger partial charge in [-0.15, -0.1) is 0 Å². The van der Waals surface area contributed by atoms with Crippen LogP contribution in [0.2, 0.25) is 0 Å². The molecule has 0 spiro atoms. The van der Waals surface area contributed by atoms with Gasteiger partial charge in [0, 0.05) is 17.8 Å². The van der Waals surface area contributed by atoms with Gasteiger partial charge in [0.2, 0.25) is 0 Å². The highest BCUT2D eigenvalue weighted by atomic mass is 14.6. The van der Waals surface area contributed by atoms with Crippen molar-refractivity contribution in [3.63, 3.8) is 0 Å². The molecule has 3 rings (SSSR count). The number of hydrogen-bond donors (Lipinski definition) is 1. The number of nitrogens with two attached hydrogens (primary N) is 1. The van der Waals surface area contributed by atoms with Crippen LogP contribution in [0.4, 0.5) is 0 Å². The smallest absolute Gasteiger partial charge is 0.0346 e. The third kappa shape index (κ3) is 2.96. The Bertz CT molecular complexity index is 588. The summed E-state index contributed by atoms with van der Waals surface area (Å²) in [5.41, 5.74) is 7.57. The van der Waals surface area contributed by atoms with Crippen molar-refractivity contribution >= 4 is 10.8 Å². The van der Waals surface area contributed by atoms with Crippen molar-refractivity contribution < 1.29 is 0 Å². The first-order valence-corrected chi connectivity index (χ1v) is 8.36. The predicted molar refractivity (Wildman–Crippen MR) is 89.3 cm³/mol. The fourth-order valence-corrected chi connectivity index (χ4v) is 4.12. The zero-order valence-corrected chi connectivity index (χ0v) is 13.0.